The molecule has 0 radical (unpaired) electrons. The van der Waals surface area contributed by atoms with Gasteiger partial charge in [-0.1, -0.05) is 5.16 Å². The molecule has 0 aromatic carbocycles. The van der Waals surface area contributed by atoms with Crippen molar-refractivity contribution in [1.82, 2.24) is 19.6 Å². The van der Waals surface area contributed by atoms with Crippen LogP contribution in [0.1, 0.15) is 18.7 Å². The van der Waals surface area contributed by atoms with Crippen LogP contribution >= 0.6 is 23.3 Å². The molecular formula is C18H22FN7O5S2. The van der Waals surface area contributed by atoms with E-state index in [-0.39, 0.29) is 16.7 Å². The highest BCUT2D eigenvalue weighted by Crippen LogP contribution is 2.41. The van der Waals surface area contributed by atoms with Crippen molar-refractivity contribution >= 4 is 51.9 Å². The van der Waals surface area contributed by atoms with E-state index < -0.39 is 41.8 Å². The van der Waals surface area contributed by atoms with Gasteiger partial charge in [0.25, 0.3) is 18.7 Å². The molecule has 33 heavy (non-hydrogen) atoms. The van der Waals surface area contributed by atoms with Crippen molar-refractivity contribution in [2.24, 2.45) is 5.16 Å². The summed E-state index contributed by atoms with van der Waals surface area (Å²) in [5.74, 6) is -2.66. The maximum atomic E-state index is 12.9. The van der Waals surface area contributed by atoms with Gasteiger partial charge >= 0.3 is 0 Å². The number of rotatable bonds is 8. The monoisotopic (exact) mass is 499 g/mol. The average molecular weight is 500 g/mol. The average Bonchev–Trinajstić information content (AvgIpc) is 3.40. The third-order valence-electron chi connectivity index (χ3n) is 5.82. The van der Waals surface area contributed by atoms with E-state index in [2.05, 4.69) is 31.7 Å². The predicted octanol–water partition coefficient (Wildman–Crippen LogP) is -1.59. The molecule has 1 aromatic heterocycles. The normalized spacial score (nSPS) is 24.4. The SMILES string of the molecule is C[N+]1(CC2=C(C(=O)[O-])N3C(=O)[C@@H](NC(=O)/C(=N\OCF)c4nsc(N)n4)[C@H]3SC2)CCCC1. The molecule has 178 valence electrons. The number of aromatic nitrogens is 2. The summed E-state index contributed by atoms with van der Waals surface area (Å²) < 4.78 is 17.0. The second kappa shape index (κ2) is 9.23. The largest absolute Gasteiger partial charge is 0.543 e. The predicted molar refractivity (Wildman–Crippen MR) is 115 cm³/mol. The molecule has 0 bridgehead atoms. The van der Waals surface area contributed by atoms with Crippen LogP contribution in [0.2, 0.25) is 0 Å². The molecule has 3 aliphatic rings. The van der Waals surface area contributed by atoms with Crippen LogP contribution in [0.4, 0.5) is 9.52 Å². The number of oxime groups is 1. The summed E-state index contributed by atoms with van der Waals surface area (Å²) >= 11 is 2.16. The third-order valence-corrected chi connectivity index (χ3v) is 7.70. The van der Waals surface area contributed by atoms with Gasteiger partial charge in [-0.15, -0.1) is 11.8 Å². The number of aliphatic carboxylic acids is 1. The number of hydrogen-bond donors (Lipinski definition) is 2. The maximum absolute atomic E-state index is 12.9. The Morgan fingerprint density at radius 1 is 1.42 bits per heavy atom. The van der Waals surface area contributed by atoms with E-state index in [9.17, 15) is 23.9 Å². The van der Waals surface area contributed by atoms with Gasteiger partial charge < -0.3 is 30.3 Å². The van der Waals surface area contributed by atoms with Gasteiger partial charge in [-0.3, -0.25) is 14.5 Å². The second-order valence-electron chi connectivity index (χ2n) is 8.17. The van der Waals surface area contributed by atoms with Crippen LogP contribution in [0.15, 0.2) is 16.4 Å². The number of hydrogen-bond acceptors (Lipinski definition) is 11. The van der Waals surface area contributed by atoms with Crippen LogP contribution in [-0.4, -0.2) is 92.9 Å². The molecule has 12 nitrogen and oxygen atoms in total. The Labute approximate surface area is 196 Å². The summed E-state index contributed by atoms with van der Waals surface area (Å²) in [6.07, 6.45) is 2.15. The van der Waals surface area contributed by atoms with Crippen molar-refractivity contribution < 1.29 is 33.2 Å². The number of alkyl halides is 1. The minimum absolute atomic E-state index is 0.0603. The first kappa shape index (κ1) is 23.4. The number of nitrogens with zero attached hydrogens (tertiary/aromatic N) is 5. The number of carboxylic acid groups (broad SMARTS) is 1. The van der Waals surface area contributed by atoms with Gasteiger partial charge in [-0.05, 0) is 0 Å². The Balaban J connectivity index is 1.52. The molecule has 3 N–H and O–H groups in total. The molecule has 15 heteroatoms. The summed E-state index contributed by atoms with van der Waals surface area (Å²) in [5.41, 5.74) is 5.61. The molecule has 0 spiro atoms. The Morgan fingerprint density at radius 2 is 2.15 bits per heavy atom. The number of amides is 2. The number of carbonyl (C=O) groups is 3. The number of β-lactam (4-membered cyclic amide) rings is 1. The number of nitrogens with one attached hydrogen (secondary N) is 1. The smallest absolute Gasteiger partial charge is 0.278 e. The van der Waals surface area contributed by atoms with Gasteiger partial charge in [-0.25, -0.2) is 4.39 Å². The molecule has 0 aliphatic carbocycles. The van der Waals surface area contributed by atoms with Crippen LogP contribution in [0.5, 0.6) is 0 Å². The lowest BCUT2D eigenvalue weighted by atomic mass is 10.0. The highest BCUT2D eigenvalue weighted by atomic mass is 32.2. The number of carbonyl (C=O) groups excluding carboxylic acids is 3. The van der Waals surface area contributed by atoms with E-state index in [1.807, 2.05) is 0 Å². The molecule has 2 atom stereocenters. The first-order valence-corrected chi connectivity index (χ1v) is 11.9. The van der Waals surface area contributed by atoms with Crippen molar-refractivity contribution in [1.29, 1.82) is 0 Å². The number of likely N-dealkylation sites (N-methyl/N-ethyl adjacent to an activating group) is 1. The first-order valence-electron chi connectivity index (χ1n) is 10.1. The lowest BCUT2D eigenvalue weighted by Gasteiger charge is -2.51. The van der Waals surface area contributed by atoms with Crippen molar-refractivity contribution in [3.63, 3.8) is 0 Å². The van der Waals surface area contributed by atoms with E-state index in [4.69, 9.17) is 5.73 Å². The zero-order valence-corrected chi connectivity index (χ0v) is 19.3. The molecular weight excluding hydrogens is 477 g/mol. The van der Waals surface area contributed by atoms with E-state index in [1.165, 1.54) is 16.7 Å². The van der Waals surface area contributed by atoms with E-state index in [0.29, 0.717) is 17.9 Å². The van der Waals surface area contributed by atoms with Gasteiger partial charge in [0, 0.05) is 35.7 Å². The van der Waals surface area contributed by atoms with Crippen molar-refractivity contribution in [3.05, 3.63) is 17.1 Å². The summed E-state index contributed by atoms with van der Waals surface area (Å²) in [7, 11) is 2.07. The number of likely N-dealkylation sites (tertiary alicyclic amines) is 1. The number of nitrogen functional groups attached to an aromatic ring is 1. The number of halogens is 1. The fourth-order valence-electron chi connectivity index (χ4n) is 4.32. The van der Waals surface area contributed by atoms with E-state index >= 15 is 0 Å². The summed E-state index contributed by atoms with van der Waals surface area (Å²) in [5, 5.41) is 17.3. The fraction of sp³-hybridized carbons (Fsp3) is 0.556. The van der Waals surface area contributed by atoms with Gasteiger partial charge in [0.05, 0.1) is 31.8 Å². The Bertz CT molecular complexity index is 1040. The topological polar surface area (TPSA) is 163 Å². The maximum Gasteiger partial charge on any atom is 0.278 e. The molecule has 2 fully saturated rings. The first-order chi connectivity index (χ1) is 15.7. The molecule has 1 aromatic rings. The minimum Gasteiger partial charge on any atom is -0.543 e. The lowest BCUT2D eigenvalue weighted by molar-refractivity contribution is -0.893. The van der Waals surface area contributed by atoms with E-state index in [0.717, 1.165) is 41.9 Å². The Morgan fingerprint density at radius 3 is 2.76 bits per heavy atom. The molecule has 0 unspecified atom stereocenters. The number of fused-ring (bicyclic) bond motifs is 1. The van der Waals surface area contributed by atoms with Crippen molar-refractivity contribution in [3.8, 4) is 0 Å². The molecule has 3 aliphatic heterocycles. The van der Waals surface area contributed by atoms with Crippen LogP contribution in [0.3, 0.4) is 0 Å². The Kier molecular flexibility index (Phi) is 6.54. The second-order valence-corrected chi connectivity index (χ2v) is 10.1. The number of thioether (sulfide) groups is 1. The van der Waals surface area contributed by atoms with Gasteiger partial charge in [-0.2, -0.15) is 9.36 Å². The number of nitrogens with two attached hydrogens (primary N) is 1. The van der Waals surface area contributed by atoms with Gasteiger partial charge in [0.2, 0.25) is 11.5 Å². The summed E-state index contributed by atoms with van der Waals surface area (Å²) in [6.45, 7) is 1.13. The van der Waals surface area contributed by atoms with E-state index in [1.54, 1.807) is 0 Å². The van der Waals surface area contributed by atoms with Gasteiger partial charge in [0.1, 0.15) is 18.0 Å². The number of quaternary nitrogens is 1. The standard InChI is InChI=1S/C18H22FN7O5S2/c1-26(4-2-3-5-26)6-9-7-32-16-11(15(28)25(16)12(9)17(29)30)21-14(27)10(23-31-8-19)13-22-18(20)33-24-13/h11,16H,2-8H2,1H3,(H3-,20,21,22,24,27,29,30)/b23-10-/t11-,16-/m1/s1. The zero-order valence-electron chi connectivity index (χ0n) is 17.7. The third kappa shape index (κ3) is 4.52. The number of carboxylic acids is 1. The van der Waals surface area contributed by atoms with Crippen LogP contribution in [0, 0.1) is 0 Å². The fourth-order valence-corrected chi connectivity index (χ4v) is 6.09. The molecule has 2 amide bonds. The summed E-state index contributed by atoms with van der Waals surface area (Å²) in [4.78, 5) is 46.9. The molecule has 4 rings (SSSR count). The van der Waals surface area contributed by atoms with Crippen molar-refractivity contribution in [2.75, 3.05) is 45.0 Å². The van der Waals surface area contributed by atoms with Crippen LogP contribution in [0.25, 0.3) is 0 Å². The molecule has 2 saturated heterocycles. The van der Waals surface area contributed by atoms with Crippen LogP contribution in [-0.2, 0) is 19.2 Å². The van der Waals surface area contributed by atoms with Crippen LogP contribution < -0.4 is 16.2 Å². The minimum atomic E-state index is -1.42. The zero-order chi connectivity index (χ0) is 23.8. The highest BCUT2D eigenvalue weighted by Gasteiger charge is 2.53. The summed E-state index contributed by atoms with van der Waals surface area (Å²) in [6, 6.07) is -1.01. The molecule has 0 saturated carbocycles. The van der Waals surface area contributed by atoms with Gasteiger partial charge in [0.15, 0.2) is 5.13 Å². The Hall–Kier alpha value is -2.78. The highest BCUT2D eigenvalue weighted by molar-refractivity contribution is 8.00. The lowest BCUT2D eigenvalue weighted by Crippen LogP contribution is -2.71. The number of anilines is 1. The quantitative estimate of drug-likeness (QED) is 0.186. The van der Waals surface area contributed by atoms with Crippen molar-refractivity contribution in [2.45, 2.75) is 24.3 Å². The molecule has 4 heterocycles.